The summed E-state index contributed by atoms with van der Waals surface area (Å²) in [5.74, 6) is 0. The molecule has 1 aromatic carbocycles. The van der Waals surface area contributed by atoms with E-state index < -0.39 is 0 Å². The molecule has 0 aliphatic heterocycles. The summed E-state index contributed by atoms with van der Waals surface area (Å²) in [4.78, 5) is 4.36. The fourth-order valence-corrected chi connectivity index (χ4v) is 3.31. The number of aromatic nitrogens is 1. The Morgan fingerprint density at radius 2 is 2.17 bits per heavy atom. The van der Waals surface area contributed by atoms with Crippen LogP contribution in [-0.2, 0) is 0 Å². The first-order valence-electron chi connectivity index (χ1n) is 6.25. The molecule has 3 unspecified atom stereocenters. The van der Waals surface area contributed by atoms with Crippen molar-refractivity contribution in [2.75, 3.05) is 0 Å². The third-order valence-electron chi connectivity index (χ3n) is 3.53. The van der Waals surface area contributed by atoms with Gasteiger partial charge in [0.15, 0.2) is 0 Å². The molecule has 0 saturated heterocycles. The lowest BCUT2D eigenvalue weighted by Gasteiger charge is -2.18. The third kappa shape index (κ3) is 2.07. The van der Waals surface area contributed by atoms with Crippen LogP contribution in [0.25, 0.3) is 0 Å². The third-order valence-corrected chi connectivity index (χ3v) is 4.49. The van der Waals surface area contributed by atoms with Crippen molar-refractivity contribution in [2.45, 2.75) is 31.5 Å². The Labute approximate surface area is 111 Å². The highest BCUT2D eigenvalue weighted by Crippen LogP contribution is 2.38. The monoisotopic (exact) mass is 259 g/mol. The predicted molar refractivity (Wildman–Crippen MR) is 74.4 cm³/mol. The van der Waals surface area contributed by atoms with Crippen LogP contribution in [0.3, 0.4) is 0 Å². The van der Waals surface area contributed by atoms with Gasteiger partial charge in [0, 0.05) is 23.7 Å². The summed E-state index contributed by atoms with van der Waals surface area (Å²) in [5, 5.41) is 6.78. The second-order valence-corrected chi connectivity index (χ2v) is 5.71. The molecular formula is C14H17N3S. The van der Waals surface area contributed by atoms with Crippen LogP contribution in [0.2, 0.25) is 0 Å². The minimum Gasteiger partial charge on any atom is -0.324 e. The molecule has 0 spiro atoms. The van der Waals surface area contributed by atoms with Gasteiger partial charge in [-0.15, -0.1) is 11.3 Å². The van der Waals surface area contributed by atoms with Crippen LogP contribution < -0.4 is 11.1 Å². The Balaban J connectivity index is 1.79. The van der Waals surface area contributed by atoms with Crippen molar-refractivity contribution in [2.24, 2.45) is 5.73 Å². The lowest BCUT2D eigenvalue weighted by Crippen LogP contribution is -2.23. The SMILES string of the molecule is CC(NC1CC(N)c2ccccc21)c1nccs1. The maximum Gasteiger partial charge on any atom is 0.109 e. The van der Waals surface area contributed by atoms with Crippen LogP contribution in [0.15, 0.2) is 35.8 Å². The molecule has 18 heavy (non-hydrogen) atoms. The highest BCUT2D eigenvalue weighted by Gasteiger charge is 2.29. The first-order valence-corrected chi connectivity index (χ1v) is 7.13. The maximum atomic E-state index is 6.18. The van der Waals surface area contributed by atoms with Gasteiger partial charge in [-0.1, -0.05) is 24.3 Å². The van der Waals surface area contributed by atoms with Gasteiger partial charge >= 0.3 is 0 Å². The number of hydrogen-bond acceptors (Lipinski definition) is 4. The summed E-state index contributed by atoms with van der Waals surface area (Å²) in [7, 11) is 0. The molecule has 0 saturated carbocycles. The number of thiazole rings is 1. The van der Waals surface area contributed by atoms with Crippen LogP contribution in [0.5, 0.6) is 0 Å². The number of benzene rings is 1. The van der Waals surface area contributed by atoms with Crippen molar-refractivity contribution in [3.05, 3.63) is 52.0 Å². The van der Waals surface area contributed by atoms with Crippen molar-refractivity contribution < 1.29 is 0 Å². The second kappa shape index (κ2) is 4.80. The van der Waals surface area contributed by atoms with Gasteiger partial charge in [-0.3, -0.25) is 0 Å². The molecule has 4 heteroatoms. The maximum absolute atomic E-state index is 6.18. The Bertz CT molecular complexity index is 524. The van der Waals surface area contributed by atoms with Crippen molar-refractivity contribution in [1.82, 2.24) is 10.3 Å². The molecule has 3 N–H and O–H groups in total. The van der Waals surface area contributed by atoms with E-state index in [0.717, 1.165) is 11.4 Å². The molecule has 0 bridgehead atoms. The van der Waals surface area contributed by atoms with Crippen molar-refractivity contribution in [3.63, 3.8) is 0 Å². The van der Waals surface area contributed by atoms with Crippen LogP contribution in [0, 0.1) is 0 Å². The van der Waals surface area contributed by atoms with Gasteiger partial charge in [0.1, 0.15) is 5.01 Å². The zero-order valence-corrected chi connectivity index (χ0v) is 11.2. The van der Waals surface area contributed by atoms with Gasteiger partial charge in [0.2, 0.25) is 0 Å². The Kier molecular flexibility index (Phi) is 3.16. The largest absolute Gasteiger partial charge is 0.324 e. The average Bonchev–Trinajstić information content (AvgIpc) is 3.00. The first kappa shape index (κ1) is 11.8. The normalized spacial score (nSPS) is 23.9. The van der Waals surface area contributed by atoms with E-state index in [1.54, 1.807) is 11.3 Å². The molecule has 1 aliphatic rings. The van der Waals surface area contributed by atoms with E-state index in [2.05, 4.69) is 41.5 Å². The smallest absolute Gasteiger partial charge is 0.109 e. The van der Waals surface area contributed by atoms with Crippen LogP contribution >= 0.6 is 11.3 Å². The molecular weight excluding hydrogens is 242 g/mol. The van der Waals surface area contributed by atoms with E-state index in [9.17, 15) is 0 Å². The van der Waals surface area contributed by atoms with Gasteiger partial charge in [-0.25, -0.2) is 4.98 Å². The molecule has 2 aromatic rings. The van der Waals surface area contributed by atoms with E-state index >= 15 is 0 Å². The van der Waals surface area contributed by atoms with E-state index in [0.29, 0.717) is 6.04 Å². The van der Waals surface area contributed by atoms with Gasteiger partial charge in [0.05, 0.1) is 6.04 Å². The quantitative estimate of drug-likeness (QED) is 0.891. The fraction of sp³-hybridized carbons (Fsp3) is 0.357. The molecule has 3 atom stereocenters. The molecule has 1 aliphatic carbocycles. The summed E-state index contributed by atoms with van der Waals surface area (Å²) < 4.78 is 0. The summed E-state index contributed by atoms with van der Waals surface area (Å²) in [5.41, 5.74) is 8.80. The first-order chi connectivity index (χ1) is 8.75. The van der Waals surface area contributed by atoms with Crippen LogP contribution in [0.1, 0.15) is 47.6 Å². The van der Waals surface area contributed by atoms with Gasteiger partial charge in [0.25, 0.3) is 0 Å². The zero-order valence-electron chi connectivity index (χ0n) is 10.3. The topological polar surface area (TPSA) is 50.9 Å². The standard InChI is InChI=1S/C14H17N3S/c1-9(14-16-6-7-18-14)17-13-8-12(15)10-4-2-3-5-11(10)13/h2-7,9,12-13,17H,8,15H2,1H3. The summed E-state index contributed by atoms with van der Waals surface area (Å²) >= 11 is 1.69. The lowest BCUT2D eigenvalue weighted by atomic mass is 10.1. The predicted octanol–water partition coefficient (Wildman–Crippen LogP) is 2.94. The summed E-state index contributed by atoms with van der Waals surface area (Å²) in [6.45, 7) is 2.16. The van der Waals surface area contributed by atoms with Crippen molar-refractivity contribution >= 4 is 11.3 Å². The van der Waals surface area contributed by atoms with E-state index in [1.165, 1.54) is 11.1 Å². The zero-order chi connectivity index (χ0) is 12.5. The number of nitrogens with one attached hydrogen (secondary N) is 1. The molecule has 3 nitrogen and oxygen atoms in total. The molecule has 1 heterocycles. The molecule has 1 aromatic heterocycles. The van der Waals surface area contributed by atoms with Gasteiger partial charge < -0.3 is 11.1 Å². The Morgan fingerprint density at radius 1 is 1.39 bits per heavy atom. The highest BCUT2D eigenvalue weighted by molar-refractivity contribution is 7.09. The van der Waals surface area contributed by atoms with Gasteiger partial charge in [-0.2, -0.15) is 0 Å². The van der Waals surface area contributed by atoms with Crippen LogP contribution in [0.4, 0.5) is 0 Å². The minimum atomic E-state index is 0.155. The van der Waals surface area contributed by atoms with E-state index in [1.807, 2.05) is 11.6 Å². The molecule has 0 amide bonds. The average molecular weight is 259 g/mol. The summed E-state index contributed by atoms with van der Waals surface area (Å²) in [6.07, 6.45) is 2.82. The molecule has 0 fully saturated rings. The molecule has 0 radical (unpaired) electrons. The van der Waals surface area contributed by atoms with Crippen LogP contribution in [-0.4, -0.2) is 4.98 Å². The highest BCUT2D eigenvalue weighted by atomic mass is 32.1. The summed E-state index contributed by atoms with van der Waals surface area (Å²) in [6, 6.07) is 9.22. The number of fused-ring (bicyclic) bond motifs is 1. The molecule has 3 rings (SSSR count). The minimum absolute atomic E-state index is 0.155. The lowest BCUT2D eigenvalue weighted by molar-refractivity contribution is 0.445. The Hall–Kier alpha value is -1.23. The second-order valence-electron chi connectivity index (χ2n) is 4.78. The van der Waals surface area contributed by atoms with Crippen molar-refractivity contribution in [1.29, 1.82) is 0 Å². The van der Waals surface area contributed by atoms with Gasteiger partial charge in [-0.05, 0) is 24.5 Å². The number of nitrogens with zero attached hydrogens (tertiary/aromatic N) is 1. The number of nitrogens with two attached hydrogens (primary N) is 1. The van der Waals surface area contributed by atoms with E-state index in [4.69, 9.17) is 5.73 Å². The molecule has 94 valence electrons. The number of hydrogen-bond donors (Lipinski definition) is 2. The fourth-order valence-electron chi connectivity index (χ4n) is 2.65. The van der Waals surface area contributed by atoms with Crippen molar-refractivity contribution in [3.8, 4) is 0 Å². The number of rotatable bonds is 3. The van der Waals surface area contributed by atoms with E-state index in [-0.39, 0.29) is 12.1 Å². The Morgan fingerprint density at radius 3 is 2.89 bits per heavy atom.